The topological polar surface area (TPSA) is 89.2 Å². The van der Waals surface area contributed by atoms with Crippen LogP contribution in [-0.2, 0) is 0 Å². The first-order valence-corrected chi connectivity index (χ1v) is 7.67. The highest BCUT2D eigenvalue weighted by Gasteiger charge is 2.31. The summed E-state index contributed by atoms with van der Waals surface area (Å²) in [7, 11) is 0. The number of nitrogens with two attached hydrogens (primary N) is 1. The Balaban J connectivity index is 2.28. The van der Waals surface area contributed by atoms with Gasteiger partial charge >= 0.3 is 6.01 Å². The summed E-state index contributed by atoms with van der Waals surface area (Å²) in [6.45, 7) is 10.3. The minimum absolute atomic E-state index is 0.327. The fourth-order valence-electron chi connectivity index (χ4n) is 2.78. The van der Waals surface area contributed by atoms with Crippen LogP contribution in [-0.4, -0.2) is 34.1 Å². The second kappa shape index (κ2) is 6.89. The maximum atomic E-state index is 5.53. The lowest BCUT2D eigenvalue weighted by Crippen LogP contribution is -2.46. The number of hydrogen-bond acceptors (Lipinski definition) is 7. The second-order valence-electron chi connectivity index (χ2n) is 5.95. The molecule has 1 aromatic rings. The Labute approximate surface area is 126 Å². The molecule has 1 aliphatic heterocycles. The highest BCUT2D eigenvalue weighted by molar-refractivity contribution is 5.39. The summed E-state index contributed by atoms with van der Waals surface area (Å²) in [5.41, 5.74) is 2.49. The van der Waals surface area contributed by atoms with Gasteiger partial charge in [-0.1, -0.05) is 20.8 Å². The number of anilines is 2. The van der Waals surface area contributed by atoms with Crippen molar-refractivity contribution in [1.82, 2.24) is 15.0 Å². The molecule has 0 aliphatic carbocycles. The minimum atomic E-state index is 0.327. The van der Waals surface area contributed by atoms with E-state index in [-0.39, 0.29) is 0 Å². The molecule has 3 N–H and O–H groups in total. The standard InChI is InChI=1S/C14H26N6O/c1-5-6-21-14-17-12(19-15)16-13(18-14)20-8-9(2)7-10(3)11(20)4/h9-11H,5-8,15H2,1-4H3,(H,16,17,18,19). The highest BCUT2D eigenvalue weighted by atomic mass is 16.5. The number of nitrogens with one attached hydrogen (secondary N) is 1. The Bertz CT molecular complexity index is 469. The molecule has 0 spiro atoms. The fraction of sp³-hybridized carbons (Fsp3) is 0.786. The molecule has 1 aromatic heterocycles. The summed E-state index contributed by atoms with van der Waals surface area (Å²) in [6.07, 6.45) is 2.13. The summed E-state index contributed by atoms with van der Waals surface area (Å²) in [5, 5.41) is 0. The van der Waals surface area contributed by atoms with Crippen LogP contribution in [0.4, 0.5) is 11.9 Å². The van der Waals surface area contributed by atoms with Gasteiger partial charge in [-0.3, -0.25) is 5.43 Å². The molecule has 2 heterocycles. The largest absolute Gasteiger partial charge is 0.463 e. The normalized spacial score (nSPS) is 25.8. The van der Waals surface area contributed by atoms with Crippen LogP contribution >= 0.6 is 0 Å². The van der Waals surface area contributed by atoms with Gasteiger partial charge < -0.3 is 9.64 Å². The van der Waals surface area contributed by atoms with Crippen molar-refractivity contribution in [2.75, 3.05) is 23.5 Å². The maximum Gasteiger partial charge on any atom is 0.323 e. The van der Waals surface area contributed by atoms with E-state index in [1.807, 2.05) is 6.92 Å². The number of aromatic nitrogens is 3. The number of ether oxygens (including phenoxy) is 1. The summed E-state index contributed by atoms with van der Waals surface area (Å²) in [4.78, 5) is 15.2. The first-order valence-electron chi connectivity index (χ1n) is 7.67. The lowest BCUT2D eigenvalue weighted by Gasteiger charge is -2.41. The summed E-state index contributed by atoms with van der Waals surface area (Å²) in [6, 6.07) is 0.709. The zero-order valence-corrected chi connectivity index (χ0v) is 13.3. The van der Waals surface area contributed by atoms with Crippen molar-refractivity contribution in [3.05, 3.63) is 0 Å². The monoisotopic (exact) mass is 294 g/mol. The van der Waals surface area contributed by atoms with E-state index < -0.39 is 0 Å². The predicted octanol–water partition coefficient (Wildman–Crippen LogP) is 1.82. The van der Waals surface area contributed by atoms with Crippen molar-refractivity contribution < 1.29 is 4.74 Å². The molecule has 7 heteroatoms. The molecular formula is C14H26N6O. The number of hydrazine groups is 1. The van der Waals surface area contributed by atoms with Crippen molar-refractivity contribution in [2.45, 2.75) is 46.6 Å². The minimum Gasteiger partial charge on any atom is -0.463 e. The van der Waals surface area contributed by atoms with Crippen LogP contribution in [0.2, 0.25) is 0 Å². The quantitative estimate of drug-likeness (QED) is 0.632. The van der Waals surface area contributed by atoms with E-state index in [9.17, 15) is 0 Å². The molecule has 21 heavy (non-hydrogen) atoms. The van der Waals surface area contributed by atoms with Gasteiger partial charge in [-0.2, -0.15) is 15.0 Å². The fourth-order valence-corrected chi connectivity index (χ4v) is 2.78. The van der Waals surface area contributed by atoms with Crippen LogP contribution in [0.5, 0.6) is 6.01 Å². The van der Waals surface area contributed by atoms with Gasteiger partial charge in [0.25, 0.3) is 0 Å². The van der Waals surface area contributed by atoms with Gasteiger partial charge in [0.2, 0.25) is 11.9 Å². The van der Waals surface area contributed by atoms with E-state index in [0.29, 0.717) is 42.4 Å². The smallest absolute Gasteiger partial charge is 0.323 e. The van der Waals surface area contributed by atoms with E-state index in [4.69, 9.17) is 10.6 Å². The van der Waals surface area contributed by atoms with E-state index >= 15 is 0 Å². The third kappa shape index (κ3) is 3.72. The lowest BCUT2D eigenvalue weighted by molar-refractivity contribution is 0.281. The van der Waals surface area contributed by atoms with Gasteiger partial charge in [-0.05, 0) is 31.6 Å². The number of nitrogens with zero attached hydrogens (tertiary/aromatic N) is 4. The molecule has 0 amide bonds. The molecular weight excluding hydrogens is 268 g/mol. The highest BCUT2D eigenvalue weighted by Crippen LogP contribution is 2.30. The van der Waals surface area contributed by atoms with Gasteiger partial charge in [-0.25, -0.2) is 5.84 Å². The van der Waals surface area contributed by atoms with Gasteiger partial charge in [0, 0.05) is 12.6 Å². The summed E-state index contributed by atoms with van der Waals surface area (Å²) >= 11 is 0. The molecule has 0 aromatic carbocycles. The average Bonchev–Trinajstić information content (AvgIpc) is 2.48. The number of piperidine rings is 1. The number of hydrogen-bond donors (Lipinski definition) is 2. The van der Waals surface area contributed by atoms with Crippen molar-refractivity contribution in [3.63, 3.8) is 0 Å². The van der Waals surface area contributed by atoms with E-state index in [1.54, 1.807) is 0 Å². The Hall–Kier alpha value is -1.63. The molecule has 7 nitrogen and oxygen atoms in total. The molecule has 3 unspecified atom stereocenters. The molecule has 118 valence electrons. The van der Waals surface area contributed by atoms with Crippen LogP contribution in [0.25, 0.3) is 0 Å². The molecule has 0 saturated carbocycles. The number of nitrogen functional groups attached to an aromatic ring is 1. The van der Waals surface area contributed by atoms with Crippen LogP contribution in [0.3, 0.4) is 0 Å². The van der Waals surface area contributed by atoms with Crippen molar-refractivity contribution in [2.24, 2.45) is 17.7 Å². The van der Waals surface area contributed by atoms with Crippen molar-refractivity contribution in [1.29, 1.82) is 0 Å². The average molecular weight is 294 g/mol. The lowest BCUT2D eigenvalue weighted by atomic mass is 9.86. The second-order valence-corrected chi connectivity index (χ2v) is 5.95. The molecule has 3 atom stereocenters. The van der Waals surface area contributed by atoms with Gasteiger partial charge in [0.05, 0.1) is 6.61 Å². The molecule has 0 bridgehead atoms. The maximum absolute atomic E-state index is 5.53. The SMILES string of the molecule is CCCOc1nc(NN)nc(N2CC(C)CC(C)C2C)n1. The number of rotatable bonds is 5. The van der Waals surface area contributed by atoms with E-state index in [0.717, 1.165) is 13.0 Å². The van der Waals surface area contributed by atoms with Crippen LogP contribution in [0.15, 0.2) is 0 Å². The van der Waals surface area contributed by atoms with Crippen molar-refractivity contribution >= 4 is 11.9 Å². The molecule has 2 rings (SSSR count). The first-order chi connectivity index (χ1) is 10.0. The van der Waals surface area contributed by atoms with E-state index in [2.05, 4.69) is 46.0 Å². The third-order valence-electron chi connectivity index (χ3n) is 4.02. The Kier molecular flexibility index (Phi) is 5.17. The molecule has 0 radical (unpaired) electrons. The van der Waals surface area contributed by atoms with Gasteiger partial charge in [0.15, 0.2) is 0 Å². The van der Waals surface area contributed by atoms with E-state index in [1.165, 1.54) is 6.42 Å². The Morgan fingerprint density at radius 1 is 1.29 bits per heavy atom. The van der Waals surface area contributed by atoms with Crippen LogP contribution in [0, 0.1) is 11.8 Å². The Morgan fingerprint density at radius 3 is 2.71 bits per heavy atom. The van der Waals surface area contributed by atoms with Crippen molar-refractivity contribution in [3.8, 4) is 6.01 Å². The molecule has 1 aliphatic rings. The Morgan fingerprint density at radius 2 is 2.05 bits per heavy atom. The van der Waals surface area contributed by atoms with Crippen LogP contribution in [0.1, 0.15) is 40.5 Å². The molecule has 1 saturated heterocycles. The van der Waals surface area contributed by atoms with Gasteiger partial charge in [0.1, 0.15) is 0 Å². The molecule has 1 fully saturated rings. The summed E-state index contributed by atoms with van der Waals surface area (Å²) < 4.78 is 5.53. The first kappa shape index (κ1) is 15.8. The zero-order valence-electron chi connectivity index (χ0n) is 13.3. The van der Waals surface area contributed by atoms with Gasteiger partial charge in [-0.15, -0.1) is 0 Å². The zero-order chi connectivity index (χ0) is 15.4. The summed E-state index contributed by atoms with van der Waals surface area (Å²) in [5.74, 6) is 7.64. The van der Waals surface area contributed by atoms with Crippen LogP contribution < -0.4 is 20.9 Å². The predicted molar refractivity (Wildman–Crippen MR) is 83.2 cm³/mol. The third-order valence-corrected chi connectivity index (χ3v) is 4.02.